The third-order valence-corrected chi connectivity index (χ3v) is 2.61. The molecular weight excluding hydrogens is 220 g/mol. The fourth-order valence-corrected chi connectivity index (χ4v) is 1.54. The van der Waals surface area contributed by atoms with Crippen molar-refractivity contribution in [2.75, 3.05) is 6.26 Å². The molecule has 2 rings (SSSR count). The highest BCUT2D eigenvalue weighted by atomic mass is 32.2. The van der Waals surface area contributed by atoms with Gasteiger partial charge in [-0.2, -0.15) is 0 Å². The van der Waals surface area contributed by atoms with Crippen molar-refractivity contribution in [2.45, 2.75) is 11.8 Å². The number of benzene rings is 1. The molecule has 1 aromatic heterocycles. The number of ether oxygens (including phenoxy) is 1. The topological polar surface area (TPSA) is 35.0 Å². The van der Waals surface area contributed by atoms with E-state index in [-0.39, 0.29) is 0 Å². The van der Waals surface area contributed by atoms with Gasteiger partial charge in [-0.3, -0.25) is 0 Å². The predicted octanol–water partition coefficient (Wildman–Crippen LogP) is 2.78. The van der Waals surface area contributed by atoms with E-state index in [0.29, 0.717) is 12.4 Å². The Bertz CT molecular complexity index is 431. The monoisotopic (exact) mass is 232 g/mol. The molecule has 0 atom stereocenters. The van der Waals surface area contributed by atoms with Crippen molar-refractivity contribution < 1.29 is 4.74 Å². The molecule has 3 nitrogen and oxygen atoms in total. The van der Waals surface area contributed by atoms with E-state index in [9.17, 15) is 0 Å². The molecule has 0 aliphatic heterocycles. The molecule has 16 heavy (non-hydrogen) atoms. The fourth-order valence-electron chi connectivity index (χ4n) is 1.23. The van der Waals surface area contributed by atoms with Crippen LogP contribution in [0.1, 0.15) is 5.56 Å². The molecule has 4 heteroatoms. The Kier molecular flexibility index (Phi) is 3.77. The van der Waals surface area contributed by atoms with Crippen LogP contribution in [0.5, 0.6) is 5.75 Å². The first-order valence-electron chi connectivity index (χ1n) is 4.91. The normalized spacial score (nSPS) is 10.1. The summed E-state index contributed by atoms with van der Waals surface area (Å²) in [5.74, 6) is 0.696. The zero-order chi connectivity index (χ0) is 11.2. The Labute approximate surface area is 98.9 Å². The van der Waals surface area contributed by atoms with Gasteiger partial charge in [0, 0.05) is 0 Å². The van der Waals surface area contributed by atoms with Gasteiger partial charge in [-0.05, 0) is 11.8 Å². The summed E-state index contributed by atoms with van der Waals surface area (Å²) in [5.41, 5.74) is 1.14. The number of thioether (sulfide) groups is 1. The van der Waals surface area contributed by atoms with Gasteiger partial charge in [0.2, 0.25) is 0 Å². The second-order valence-electron chi connectivity index (χ2n) is 3.18. The minimum absolute atomic E-state index is 0.544. The lowest BCUT2D eigenvalue weighted by Crippen LogP contribution is -1.96. The lowest BCUT2D eigenvalue weighted by atomic mass is 10.2. The second kappa shape index (κ2) is 5.51. The number of hydrogen-bond acceptors (Lipinski definition) is 4. The summed E-state index contributed by atoms with van der Waals surface area (Å²) in [6, 6.07) is 10.0. The van der Waals surface area contributed by atoms with Crippen molar-refractivity contribution >= 4 is 11.8 Å². The van der Waals surface area contributed by atoms with Crippen molar-refractivity contribution in [3.05, 3.63) is 48.3 Å². The van der Waals surface area contributed by atoms with Crippen LogP contribution in [0.25, 0.3) is 0 Å². The first-order valence-corrected chi connectivity index (χ1v) is 6.14. The second-order valence-corrected chi connectivity index (χ2v) is 3.95. The Morgan fingerprint density at radius 1 is 1.12 bits per heavy atom. The molecule has 82 valence electrons. The lowest BCUT2D eigenvalue weighted by molar-refractivity contribution is 0.302. The largest absolute Gasteiger partial charge is 0.486 e. The summed E-state index contributed by atoms with van der Waals surface area (Å²) in [5, 5.41) is 0.757. The molecule has 0 unspecified atom stereocenters. The van der Waals surface area contributed by atoms with Crippen LogP contribution in [-0.2, 0) is 6.61 Å². The van der Waals surface area contributed by atoms with Crippen LogP contribution >= 0.6 is 11.8 Å². The van der Waals surface area contributed by atoms with Gasteiger partial charge >= 0.3 is 0 Å². The summed E-state index contributed by atoms with van der Waals surface area (Å²) >= 11 is 1.51. The molecule has 0 aliphatic rings. The smallest absolute Gasteiger partial charge is 0.187 e. The number of hydrogen-bond donors (Lipinski definition) is 0. The van der Waals surface area contributed by atoms with E-state index in [1.165, 1.54) is 11.8 Å². The summed E-state index contributed by atoms with van der Waals surface area (Å²) < 4.78 is 5.56. The van der Waals surface area contributed by atoms with Crippen molar-refractivity contribution in [3.63, 3.8) is 0 Å². The highest BCUT2D eigenvalue weighted by Gasteiger charge is 1.97. The number of rotatable bonds is 4. The predicted molar refractivity (Wildman–Crippen MR) is 64.6 cm³/mol. The Morgan fingerprint density at radius 3 is 2.44 bits per heavy atom. The lowest BCUT2D eigenvalue weighted by Gasteiger charge is -2.05. The minimum Gasteiger partial charge on any atom is -0.486 e. The maximum atomic E-state index is 5.56. The maximum Gasteiger partial charge on any atom is 0.187 e. The van der Waals surface area contributed by atoms with Gasteiger partial charge < -0.3 is 4.74 Å². The molecule has 0 bridgehead atoms. The van der Waals surface area contributed by atoms with Crippen molar-refractivity contribution in [1.29, 1.82) is 0 Å². The van der Waals surface area contributed by atoms with E-state index >= 15 is 0 Å². The summed E-state index contributed by atoms with van der Waals surface area (Å²) in [7, 11) is 0. The standard InChI is InChI=1S/C12H12N2OS/c1-16-12-13-7-11(8-14-12)15-9-10-5-3-2-4-6-10/h2-8H,9H2,1H3. The first-order chi connectivity index (χ1) is 7.88. The molecule has 0 radical (unpaired) electrons. The van der Waals surface area contributed by atoms with Crippen LogP contribution < -0.4 is 4.74 Å². The van der Waals surface area contributed by atoms with Crippen LogP contribution in [0.4, 0.5) is 0 Å². The Hall–Kier alpha value is -1.55. The minimum atomic E-state index is 0.544. The van der Waals surface area contributed by atoms with E-state index in [0.717, 1.165) is 10.7 Å². The summed E-state index contributed by atoms with van der Waals surface area (Å²) in [6.07, 6.45) is 5.34. The van der Waals surface area contributed by atoms with E-state index < -0.39 is 0 Å². The highest BCUT2D eigenvalue weighted by molar-refractivity contribution is 7.98. The van der Waals surface area contributed by atoms with Crippen molar-refractivity contribution in [1.82, 2.24) is 9.97 Å². The Morgan fingerprint density at radius 2 is 1.81 bits per heavy atom. The quantitative estimate of drug-likeness (QED) is 0.599. The highest BCUT2D eigenvalue weighted by Crippen LogP contribution is 2.13. The molecular formula is C12H12N2OS. The van der Waals surface area contributed by atoms with Gasteiger partial charge in [-0.1, -0.05) is 42.1 Å². The third kappa shape index (κ3) is 2.97. The zero-order valence-corrected chi connectivity index (χ0v) is 9.78. The van der Waals surface area contributed by atoms with Crippen LogP contribution in [0.2, 0.25) is 0 Å². The molecule has 1 heterocycles. The molecule has 0 fully saturated rings. The molecule has 0 saturated heterocycles. The first kappa shape index (κ1) is 11.0. The van der Waals surface area contributed by atoms with E-state index in [2.05, 4.69) is 9.97 Å². The molecule has 0 N–H and O–H groups in total. The molecule has 1 aromatic carbocycles. The summed E-state index contributed by atoms with van der Waals surface area (Å²) in [4.78, 5) is 8.27. The average Bonchev–Trinajstić information content (AvgIpc) is 2.38. The van der Waals surface area contributed by atoms with Crippen LogP contribution in [0.3, 0.4) is 0 Å². The van der Waals surface area contributed by atoms with Crippen molar-refractivity contribution in [3.8, 4) is 5.75 Å². The molecule has 2 aromatic rings. The maximum absolute atomic E-state index is 5.56. The molecule has 0 spiro atoms. The number of aromatic nitrogens is 2. The average molecular weight is 232 g/mol. The van der Waals surface area contributed by atoms with Gasteiger partial charge in [0.05, 0.1) is 12.4 Å². The SMILES string of the molecule is CSc1ncc(OCc2ccccc2)cn1. The van der Waals surface area contributed by atoms with Crippen LogP contribution in [0, 0.1) is 0 Å². The third-order valence-electron chi connectivity index (χ3n) is 2.04. The van der Waals surface area contributed by atoms with E-state index in [4.69, 9.17) is 4.74 Å². The number of nitrogens with zero attached hydrogens (tertiary/aromatic N) is 2. The Balaban J connectivity index is 1.94. The zero-order valence-electron chi connectivity index (χ0n) is 8.96. The fraction of sp³-hybridized carbons (Fsp3) is 0.167. The molecule has 0 amide bonds. The van der Waals surface area contributed by atoms with Gasteiger partial charge in [0.1, 0.15) is 6.61 Å². The van der Waals surface area contributed by atoms with Crippen molar-refractivity contribution in [2.24, 2.45) is 0 Å². The molecule has 0 aliphatic carbocycles. The van der Waals surface area contributed by atoms with E-state index in [1.54, 1.807) is 12.4 Å². The summed E-state index contributed by atoms with van der Waals surface area (Å²) in [6.45, 7) is 0.544. The van der Waals surface area contributed by atoms with Gasteiger partial charge in [0.15, 0.2) is 10.9 Å². The molecule has 0 saturated carbocycles. The van der Waals surface area contributed by atoms with E-state index in [1.807, 2.05) is 36.6 Å². The van der Waals surface area contributed by atoms with Gasteiger partial charge in [0.25, 0.3) is 0 Å². The van der Waals surface area contributed by atoms with Gasteiger partial charge in [-0.15, -0.1) is 0 Å². The van der Waals surface area contributed by atoms with Gasteiger partial charge in [-0.25, -0.2) is 9.97 Å². The van der Waals surface area contributed by atoms with Crippen LogP contribution in [0.15, 0.2) is 47.9 Å². The van der Waals surface area contributed by atoms with Crippen LogP contribution in [-0.4, -0.2) is 16.2 Å².